The number of anilines is 2. The molecule has 0 atom stereocenters. The van der Waals surface area contributed by atoms with Gasteiger partial charge in [-0.1, -0.05) is 12.1 Å². The van der Waals surface area contributed by atoms with E-state index in [4.69, 9.17) is 5.73 Å². The number of piperidine rings is 1. The summed E-state index contributed by atoms with van der Waals surface area (Å²) < 4.78 is 13.0. The molecule has 3 N–H and O–H groups in total. The predicted molar refractivity (Wildman–Crippen MR) is 93.9 cm³/mol. The van der Waals surface area contributed by atoms with Crippen LogP contribution in [0, 0.1) is 11.7 Å². The Bertz CT molecular complexity index is 768. The van der Waals surface area contributed by atoms with E-state index >= 15 is 0 Å². The van der Waals surface area contributed by atoms with Crippen LogP contribution in [0.5, 0.6) is 0 Å². The number of hydrogen-bond acceptors (Lipinski definition) is 3. The summed E-state index contributed by atoms with van der Waals surface area (Å²) in [4.78, 5) is 25.9. The van der Waals surface area contributed by atoms with E-state index in [2.05, 4.69) is 5.32 Å². The quantitative estimate of drug-likeness (QED) is 0.898. The zero-order valence-corrected chi connectivity index (χ0v) is 13.7. The number of nitrogens with one attached hydrogen (secondary N) is 1. The fourth-order valence-electron chi connectivity index (χ4n) is 3.00. The molecule has 1 aliphatic rings. The van der Waals surface area contributed by atoms with E-state index in [0.717, 1.165) is 0 Å². The number of carbonyl (C=O) groups is 2. The number of nitrogens with zero attached hydrogens (tertiary/aromatic N) is 1. The fraction of sp³-hybridized carbons (Fsp3) is 0.263. The Kier molecular flexibility index (Phi) is 4.97. The largest absolute Gasteiger partial charge is 0.369 e. The van der Waals surface area contributed by atoms with Crippen molar-refractivity contribution < 1.29 is 14.0 Å². The lowest BCUT2D eigenvalue weighted by atomic mass is 9.95. The highest BCUT2D eigenvalue weighted by atomic mass is 19.1. The maximum atomic E-state index is 13.0. The fourth-order valence-corrected chi connectivity index (χ4v) is 3.00. The highest BCUT2D eigenvalue weighted by Gasteiger charge is 2.27. The minimum Gasteiger partial charge on any atom is -0.369 e. The Hall–Kier alpha value is -2.89. The first-order valence-corrected chi connectivity index (χ1v) is 8.25. The van der Waals surface area contributed by atoms with Gasteiger partial charge in [0.25, 0.3) is 5.91 Å². The minimum absolute atomic E-state index is 0.0897. The smallest absolute Gasteiger partial charge is 0.255 e. The summed E-state index contributed by atoms with van der Waals surface area (Å²) in [5.41, 5.74) is 7.25. The van der Waals surface area contributed by atoms with Gasteiger partial charge in [-0.15, -0.1) is 0 Å². The zero-order chi connectivity index (χ0) is 17.8. The Morgan fingerprint density at radius 1 is 1.04 bits per heavy atom. The molecule has 0 bridgehead atoms. The first-order valence-electron chi connectivity index (χ1n) is 8.25. The Labute approximate surface area is 145 Å². The van der Waals surface area contributed by atoms with Crippen molar-refractivity contribution in [3.63, 3.8) is 0 Å². The molecule has 5 nitrogen and oxygen atoms in total. The molecule has 0 aromatic heterocycles. The maximum Gasteiger partial charge on any atom is 0.255 e. The standard InChI is InChI=1S/C19H20FN3O2/c20-14-5-7-15(8-6-14)22-17-4-2-1-3-16(17)19(25)23-11-9-13(10-12-23)18(21)24/h1-8,13,22H,9-12H2,(H2,21,24). The average Bonchev–Trinajstić information content (AvgIpc) is 2.63. The normalized spacial score (nSPS) is 15.0. The number of halogens is 1. The molecule has 2 amide bonds. The molecule has 1 aliphatic heterocycles. The molecule has 0 spiro atoms. The van der Waals surface area contributed by atoms with Crippen LogP contribution in [-0.4, -0.2) is 29.8 Å². The Balaban J connectivity index is 1.75. The molecule has 0 aliphatic carbocycles. The second-order valence-corrected chi connectivity index (χ2v) is 6.15. The molecule has 3 rings (SSSR count). The number of hydrogen-bond donors (Lipinski definition) is 2. The van der Waals surface area contributed by atoms with Gasteiger partial charge in [-0.05, 0) is 49.2 Å². The average molecular weight is 341 g/mol. The lowest BCUT2D eigenvalue weighted by Gasteiger charge is -2.31. The second-order valence-electron chi connectivity index (χ2n) is 6.15. The van der Waals surface area contributed by atoms with Crippen LogP contribution in [0.3, 0.4) is 0 Å². The second kappa shape index (κ2) is 7.34. The van der Waals surface area contributed by atoms with Gasteiger partial charge in [0.2, 0.25) is 5.91 Å². The molecule has 6 heteroatoms. The van der Waals surface area contributed by atoms with Crippen molar-refractivity contribution in [3.8, 4) is 0 Å². The van der Waals surface area contributed by atoms with Gasteiger partial charge in [0, 0.05) is 24.7 Å². The third-order valence-electron chi connectivity index (χ3n) is 4.47. The monoisotopic (exact) mass is 341 g/mol. The number of primary amides is 1. The number of nitrogens with two attached hydrogens (primary N) is 1. The van der Waals surface area contributed by atoms with Crippen LogP contribution in [0.1, 0.15) is 23.2 Å². The van der Waals surface area contributed by atoms with Crippen molar-refractivity contribution >= 4 is 23.2 Å². The van der Waals surface area contributed by atoms with Crippen molar-refractivity contribution in [1.29, 1.82) is 0 Å². The van der Waals surface area contributed by atoms with Crippen LogP contribution in [0.2, 0.25) is 0 Å². The van der Waals surface area contributed by atoms with Crippen molar-refractivity contribution in [2.45, 2.75) is 12.8 Å². The number of likely N-dealkylation sites (tertiary alicyclic amines) is 1. The summed E-state index contributed by atoms with van der Waals surface area (Å²) >= 11 is 0. The molecule has 1 heterocycles. The van der Waals surface area contributed by atoms with Crippen LogP contribution >= 0.6 is 0 Å². The maximum absolute atomic E-state index is 13.0. The van der Waals surface area contributed by atoms with E-state index in [1.54, 1.807) is 29.2 Å². The van der Waals surface area contributed by atoms with E-state index in [1.165, 1.54) is 12.1 Å². The molecule has 130 valence electrons. The Morgan fingerprint density at radius 2 is 1.68 bits per heavy atom. The summed E-state index contributed by atoms with van der Waals surface area (Å²) in [6, 6.07) is 13.2. The lowest BCUT2D eigenvalue weighted by Crippen LogP contribution is -2.41. The van der Waals surface area contributed by atoms with Gasteiger partial charge in [-0.3, -0.25) is 9.59 Å². The molecule has 25 heavy (non-hydrogen) atoms. The molecule has 0 unspecified atom stereocenters. The van der Waals surface area contributed by atoms with Crippen LogP contribution in [-0.2, 0) is 4.79 Å². The predicted octanol–water partition coefficient (Wildman–Crippen LogP) is 2.91. The molecule has 0 radical (unpaired) electrons. The molecule has 2 aromatic rings. The van der Waals surface area contributed by atoms with E-state index in [1.807, 2.05) is 12.1 Å². The highest BCUT2D eigenvalue weighted by Crippen LogP contribution is 2.25. The zero-order valence-electron chi connectivity index (χ0n) is 13.7. The highest BCUT2D eigenvalue weighted by molar-refractivity contribution is 6.00. The molecule has 0 saturated carbocycles. The van der Waals surface area contributed by atoms with Gasteiger partial charge in [0.05, 0.1) is 11.3 Å². The molecule has 2 aromatic carbocycles. The van der Waals surface area contributed by atoms with Crippen LogP contribution in [0.4, 0.5) is 15.8 Å². The van der Waals surface area contributed by atoms with Gasteiger partial charge < -0.3 is 16.0 Å². The van der Waals surface area contributed by atoms with Crippen molar-refractivity contribution in [2.75, 3.05) is 18.4 Å². The summed E-state index contributed by atoms with van der Waals surface area (Å²) in [5, 5.41) is 3.16. The van der Waals surface area contributed by atoms with Crippen LogP contribution < -0.4 is 11.1 Å². The van der Waals surface area contributed by atoms with Crippen molar-refractivity contribution in [3.05, 3.63) is 59.9 Å². The Morgan fingerprint density at radius 3 is 2.32 bits per heavy atom. The lowest BCUT2D eigenvalue weighted by molar-refractivity contribution is -0.123. The van der Waals surface area contributed by atoms with Gasteiger partial charge in [-0.25, -0.2) is 4.39 Å². The van der Waals surface area contributed by atoms with E-state index in [9.17, 15) is 14.0 Å². The SMILES string of the molecule is NC(=O)C1CCN(C(=O)c2ccccc2Nc2ccc(F)cc2)CC1. The van der Waals surface area contributed by atoms with Crippen molar-refractivity contribution in [2.24, 2.45) is 11.7 Å². The number of benzene rings is 2. The number of carbonyl (C=O) groups excluding carboxylic acids is 2. The van der Waals surface area contributed by atoms with Crippen LogP contribution in [0.15, 0.2) is 48.5 Å². The first kappa shape index (κ1) is 17.0. The number of amides is 2. The van der Waals surface area contributed by atoms with Gasteiger partial charge in [0.1, 0.15) is 5.82 Å². The molecule has 1 fully saturated rings. The van der Waals surface area contributed by atoms with Crippen LogP contribution in [0.25, 0.3) is 0 Å². The third-order valence-corrected chi connectivity index (χ3v) is 4.47. The van der Waals surface area contributed by atoms with Crippen molar-refractivity contribution in [1.82, 2.24) is 4.90 Å². The summed E-state index contributed by atoms with van der Waals surface area (Å²) in [7, 11) is 0. The third kappa shape index (κ3) is 3.96. The van der Waals surface area contributed by atoms with E-state index in [-0.39, 0.29) is 23.5 Å². The molecular formula is C19H20FN3O2. The first-order chi connectivity index (χ1) is 12.0. The number of para-hydroxylation sites is 1. The van der Waals surface area contributed by atoms with Gasteiger partial charge in [-0.2, -0.15) is 0 Å². The number of rotatable bonds is 4. The van der Waals surface area contributed by atoms with Gasteiger partial charge >= 0.3 is 0 Å². The van der Waals surface area contributed by atoms with Gasteiger partial charge in [0.15, 0.2) is 0 Å². The minimum atomic E-state index is -0.313. The van der Waals surface area contributed by atoms with E-state index in [0.29, 0.717) is 42.9 Å². The van der Waals surface area contributed by atoms with E-state index < -0.39 is 0 Å². The molecule has 1 saturated heterocycles. The molecular weight excluding hydrogens is 321 g/mol. The topological polar surface area (TPSA) is 75.4 Å². The summed E-state index contributed by atoms with van der Waals surface area (Å²) in [6.45, 7) is 1.02. The summed E-state index contributed by atoms with van der Waals surface area (Å²) in [5.74, 6) is -0.859. The summed E-state index contributed by atoms with van der Waals surface area (Å²) in [6.07, 6.45) is 1.18.